The third-order valence-corrected chi connectivity index (χ3v) is 2.31. The summed E-state index contributed by atoms with van der Waals surface area (Å²) >= 11 is 0. The van der Waals surface area contributed by atoms with Crippen LogP contribution in [0.3, 0.4) is 0 Å². The molecule has 0 aliphatic carbocycles. The molecule has 0 fully saturated rings. The van der Waals surface area contributed by atoms with Gasteiger partial charge in [-0.2, -0.15) is 0 Å². The second-order valence-electron chi connectivity index (χ2n) is 4.03. The number of carbonyl (C=O) groups is 2. The van der Waals surface area contributed by atoms with Crippen molar-refractivity contribution >= 4 is 11.9 Å². The maximum atomic E-state index is 11.1. The molecule has 0 bridgehead atoms. The van der Waals surface area contributed by atoms with Crippen LogP contribution in [-0.4, -0.2) is 43.7 Å². The zero-order valence-corrected chi connectivity index (χ0v) is 11.2. The number of rotatable bonds is 9. The first-order chi connectivity index (χ1) is 8.47. The molecular weight excluding hydrogens is 240 g/mol. The van der Waals surface area contributed by atoms with Crippen LogP contribution < -0.4 is 0 Å². The highest BCUT2D eigenvalue weighted by atomic mass is 16.6. The molecule has 18 heavy (non-hydrogen) atoms. The van der Waals surface area contributed by atoms with Crippen LogP contribution in [0, 0.1) is 5.92 Å². The maximum absolute atomic E-state index is 11.1. The van der Waals surface area contributed by atoms with Crippen molar-refractivity contribution in [1.29, 1.82) is 0 Å². The molecule has 2 unspecified atom stereocenters. The van der Waals surface area contributed by atoms with Gasteiger partial charge in [-0.1, -0.05) is 6.92 Å². The molecule has 106 valence electrons. The molecule has 0 heterocycles. The van der Waals surface area contributed by atoms with Crippen molar-refractivity contribution in [3.63, 3.8) is 0 Å². The summed E-state index contributed by atoms with van der Waals surface area (Å²) in [5, 5.41) is 9.49. The molecule has 1 N–H and O–H groups in total. The van der Waals surface area contributed by atoms with Crippen LogP contribution in [0.2, 0.25) is 0 Å². The monoisotopic (exact) mass is 262 g/mol. The maximum Gasteiger partial charge on any atom is 0.308 e. The molecule has 0 aliphatic rings. The van der Waals surface area contributed by atoms with Gasteiger partial charge in [-0.3, -0.25) is 9.59 Å². The number of esters is 2. The summed E-state index contributed by atoms with van der Waals surface area (Å²) in [6, 6.07) is 0. The molecule has 2 atom stereocenters. The number of aliphatic hydroxyl groups is 1. The number of hydrogen-bond acceptors (Lipinski definition) is 6. The molecule has 0 aromatic carbocycles. The van der Waals surface area contributed by atoms with E-state index in [-0.39, 0.29) is 18.4 Å². The minimum Gasteiger partial charge on any atom is -0.469 e. The van der Waals surface area contributed by atoms with Crippen LogP contribution in [-0.2, 0) is 23.8 Å². The van der Waals surface area contributed by atoms with Gasteiger partial charge in [0.05, 0.1) is 19.6 Å². The number of hydrogen-bond donors (Lipinski definition) is 1. The first-order valence-electron chi connectivity index (χ1n) is 5.98. The number of carbonyl (C=O) groups excluding carboxylic acids is 2. The Hall–Kier alpha value is -1.14. The minimum absolute atomic E-state index is 0.205. The van der Waals surface area contributed by atoms with Gasteiger partial charge in [0, 0.05) is 20.0 Å². The fourth-order valence-corrected chi connectivity index (χ4v) is 1.31. The molecule has 0 aromatic rings. The largest absolute Gasteiger partial charge is 0.469 e. The van der Waals surface area contributed by atoms with E-state index in [4.69, 9.17) is 9.47 Å². The van der Waals surface area contributed by atoms with Crippen LogP contribution >= 0.6 is 0 Å². The van der Waals surface area contributed by atoms with Crippen LogP contribution in [0.5, 0.6) is 0 Å². The molecule has 0 saturated heterocycles. The summed E-state index contributed by atoms with van der Waals surface area (Å²) in [7, 11) is 1.31. The Morgan fingerprint density at radius 3 is 2.39 bits per heavy atom. The highest BCUT2D eigenvalue weighted by Gasteiger charge is 2.17. The van der Waals surface area contributed by atoms with Gasteiger partial charge in [-0.05, 0) is 12.8 Å². The van der Waals surface area contributed by atoms with Crippen molar-refractivity contribution in [2.45, 2.75) is 39.4 Å². The molecule has 0 aromatic heterocycles. The van der Waals surface area contributed by atoms with E-state index in [1.54, 1.807) is 6.92 Å². The molecule has 6 nitrogen and oxygen atoms in total. The second kappa shape index (κ2) is 9.85. The van der Waals surface area contributed by atoms with Crippen LogP contribution in [0.15, 0.2) is 0 Å². The Labute approximate surface area is 107 Å². The van der Waals surface area contributed by atoms with Crippen molar-refractivity contribution < 1.29 is 28.9 Å². The summed E-state index contributed by atoms with van der Waals surface area (Å²) in [6.07, 6.45) is 0.583. The van der Waals surface area contributed by atoms with Crippen molar-refractivity contribution in [2.75, 3.05) is 20.3 Å². The standard InChI is InChI=1S/C12H22O6/c1-9(12(15)16-3)8-11(14)18-7-5-4-6-17-10(2)13/h9,11,14H,4-8H2,1-3H3. The van der Waals surface area contributed by atoms with Gasteiger partial charge >= 0.3 is 11.9 Å². The zero-order chi connectivity index (χ0) is 14.0. The lowest BCUT2D eigenvalue weighted by atomic mass is 10.1. The molecule has 0 radical (unpaired) electrons. The van der Waals surface area contributed by atoms with Gasteiger partial charge in [0.25, 0.3) is 0 Å². The normalized spacial score (nSPS) is 13.8. The van der Waals surface area contributed by atoms with E-state index >= 15 is 0 Å². The predicted octanol–water partition coefficient (Wildman–Crippen LogP) is 0.864. The van der Waals surface area contributed by atoms with Crippen molar-refractivity contribution in [1.82, 2.24) is 0 Å². The van der Waals surface area contributed by atoms with Crippen molar-refractivity contribution in [3.8, 4) is 0 Å². The Balaban J connectivity index is 3.50. The van der Waals surface area contributed by atoms with Crippen LogP contribution in [0.1, 0.15) is 33.1 Å². The van der Waals surface area contributed by atoms with Gasteiger partial charge in [-0.15, -0.1) is 0 Å². The average molecular weight is 262 g/mol. The number of aliphatic hydroxyl groups excluding tert-OH is 1. The first kappa shape index (κ1) is 16.9. The van der Waals surface area contributed by atoms with Gasteiger partial charge in [-0.25, -0.2) is 0 Å². The second-order valence-corrected chi connectivity index (χ2v) is 4.03. The quantitative estimate of drug-likeness (QED) is 0.377. The van der Waals surface area contributed by atoms with Crippen LogP contribution in [0.25, 0.3) is 0 Å². The Morgan fingerprint density at radius 2 is 1.83 bits per heavy atom. The SMILES string of the molecule is COC(=O)C(C)CC(O)OCCCCOC(C)=O. The molecule has 0 spiro atoms. The van der Waals surface area contributed by atoms with E-state index in [9.17, 15) is 14.7 Å². The lowest BCUT2D eigenvalue weighted by Gasteiger charge is -2.15. The fourth-order valence-electron chi connectivity index (χ4n) is 1.31. The molecule has 0 saturated carbocycles. The van der Waals surface area contributed by atoms with E-state index in [0.717, 1.165) is 0 Å². The summed E-state index contributed by atoms with van der Waals surface area (Å²) < 4.78 is 14.4. The van der Waals surface area contributed by atoms with E-state index in [2.05, 4.69) is 4.74 Å². The van der Waals surface area contributed by atoms with Crippen LogP contribution in [0.4, 0.5) is 0 Å². The summed E-state index contributed by atoms with van der Waals surface area (Å²) in [5.41, 5.74) is 0. The lowest BCUT2D eigenvalue weighted by molar-refractivity contribution is -0.152. The smallest absolute Gasteiger partial charge is 0.308 e. The summed E-state index contributed by atoms with van der Waals surface area (Å²) in [5.74, 6) is -1.07. The zero-order valence-electron chi connectivity index (χ0n) is 11.2. The molecule has 0 aliphatic heterocycles. The molecule has 0 rings (SSSR count). The predicted molar refractivity (Wildman–Crippen MR) is 63.6 cm³/mol. The molecule has 6 heteroatoms. The lowest BCUT2D eigenvalue weighted by Crippen LogP contribution is -2.22. The summed E-state index contributed by atoms with van der Waals surface area (Å²) in [4.78, 5) is 21.5. The topological polar surface area (TPSA) is 82.1 Å². The molecular formula is C12H22O6. The van der Waals surface area contributed by atoms with E-state index < -0.39 is 12.2 Å². The van der Waals surface area contributed by atoms with Gasteiger partial charge < -0.3 is 19.3 Å². The van der Waals surface area contributed by atoms with E-state index in [1.807, 2.05) is 0 Å². The third kappa shape index (κ3) is 8.95. The average Bonchev–Trinajstić information content (AvgIpc) is 2.31. The Kier molecular flexibility index (Phi) is 9.22. The third-order valence-electron chi connectivity index (χ3n) is 2.31. The van der Waals surface area contributed by atoms with Crippen molar-refractivity contribution in [2.24, 2.45) is 5.92 Å². The van der Waals surface area contributed by atoms with E-state index in [0.29, 0.717) is 26.1 Å². The molecule has 0 amide bonds. The minimum atomic E-state index is -0.979. The van der Waals surface area contributed by atoms with Gasteiger partial charge in [0.15, 0.2) is 6.29 Å². The fraction of sp³-hybridized carbons (Fsp3) is 0.833. The van der Waals surface area contributed by atoms with Gasteiger partial charge in [0.2, 0.25) is 0 Å². The van der Waals surface area contributed by atoms with Crippen molar-refractivity contribution in [3.05, 3.63) is 0 Å². The highest BCUT2D eigenvalue weighted by molar-refractivity contribution is 5.71. The van der Waals surface area contributed by atoms with Gasteiger partial charge in [0.1, 0.15) is 0 Å². The number of methoxy groups -OCH3 is 1. The number of unbranched alkanes of at least 4 members (excludes halogenated alkanes) is 1. The Morgan fingerprint density at radius 1 is 1.22 bits per heavy atom. The summed E-state index contributed by atoms with van der Waals surface area (Å²) in [6.45, 7) is 3.73. The van der Waals surface area contributed by atoms with E-state index in [1.165, 1.54) is 14.0 Å². The highest BCUT2D eigenvalue weighted by Crippen LogP contribution is 2.09. The first-order valence-corrected chi connectivity index (χ1v) is 5.98. The Bertz CT molecular complexity index is 253. The number of ether oxygens (including phenoxy) is 3.